The van der Waals surface area contributed by atoms with Gasteiger partial charge in [-0.05, 0) is 23.8 Å². The van der Waals surface area contributed by atoms with Crippen LogP contribution in [0.4, 0.5) is 0 Å². The first-order valence-corrected chi connectivity index (χ1v) is 9.65. The van der Waals surface area contributed by atoms with Gasteiger partial charge in [-0.25, -0.2) is 0 Å². The Balaban J connectivity index is 2.26. The van der Waals surface area contributed by atoms with Gasteiger partial charge < -0.3 is 28.8 Å². The van der Waals surface area contributed by atoms with E-state index in [0.29, 0.717) is 36.0 Å². The summed E-state index contributed by atoms with van der Waals surface area (Å²) in [4.78, 5) is 11.4. The van der Waals surface area contributed by atoms with E-state index in [0.717, 1.165) is 27.7 Å². The average Bonchev–Trinajstić information content (AvgIpc) is 3.02. The van der Waals surface area contributed by atoms with Crippen LogP contribution < -0.4 is 24.3 Å². The van der Waals surface area contributed by atoms with E-state index < -0.39 is 0 Å². The van der Waals surface area contributed by atoms with E-state index in [-0.39, 0.29) is 5.91 Å². The van der Waals surface area contributed by atoms with Crippen LogP contribution in [0.1, 0.15) is 12.6 Å². The van der Waals surface area contributed by atoms with E-state index in [2.05, 4.69) is 9.88 Å². The molecule has 160 valence electrons. The van der Waals surface area contributed by atoms with E-state index in [1.54, 1.807) is 28.4 Å². The Morgan fingerprint density at radius 2 is 1.50 bits per heavy atom. The van der Waals surface area contributed by atoms with Crippen molar-refractivity contribution < 1.29 is 23.7 Å². The highest BCUT2D eigenvalue weighted by atomic mass is 16.5. The lowest BCUT2D eigenvalue weighted by atomic mass is 9.99. The topological polar surface area (TPSA) is 71.0 Å². The minimum Gasteiger partial charge on any atom is -0.493 e. The Morgan fingerprint density at radius 1 is 0.900 bits per heavy atom. The second-order valence-corrected chi connectivity index (χ2v) is 6.91. The van der Waals surface area contributed by atoms with E-state index in [1.807, 2.05) is 37.4 Å². The summed E-state index contributed by atoms with van der Waals surface area (Å²) in [5.74, 6) is 2.59. The summed E-state index contributed by atoms with van der Waals surface area (Å²) in [6.45, 7) is 2.06. The van der Waals surface area contributed by atoms with Crippen LogP contribution in [0.5, 0.6) is 23.0 Å². The van der Waals surface area contributed by atoms with Gasteiger partial charge in [0.1, 0.15) is 0 Å². The lowest BCUT2D eigenvalue weighted by molar-refractivity contribution is -0.118. The predicted molar refractivity (Wildman–Crippen MR) is 117 cm³/mol. The van der Waals surface area contributed by atoms with Crippen LogP contribution in [0.15, 0.2) is 30.3 Å². The minimum absolute atomic E-state index is 0.0511. The molecule has 0 bridgehead atoms. The number of ether oxygens (including phenoxy) is 4. The van der Waals surface area contributed by atoms with Crippen LogP contribution in [0.3, 0.4) is 0 Å². The number of aromatic nitrogens is 1. The van der Waals surface area contributed by atoms with Crippen LogP contribution in [-0.4, -0.2) is 45.5 Å². The average molecular weight is 412 g/mol. The first-order chi connectivity index (χ1) is 14.4. The van der Waals surface area contributed by atoms with Crippen LogP contribution in [0.25, 0.3) is 22.0 Å². The Morgan fingerprint density at radius 3 is 2.10 bits per heavy atom. The fourth-order valence-electron chi connectivity index (χ4n) is 3.78. The van der Waals surface area contributed by atoms with E-state index >= 15 is 0 Å². The van der Waals surface area contributed by atoms with Gasteiger partial charge in [0, 0.05) is 49.6 Å². The SMILES string of the molecule is COc1ccc(-c2c(CCNC(C)=O)n(C)c3cc(OC)c(OC)cc23)cc1OC. The predicted octanol–water partition coefficient (Wildman–Crippen LogP) is 3.56. The molecule has 0 saturated carbocycles. The maximum Gasteiger partial charge on any atom is 0.216 e. The molecular formula is C23H28N2O5. The van der Waals surface area contributed by atoms with Crippen molar-refractivity contribution in [1.82, 2.24) is 9.88 Å². The lowest BCUT2D eigenvalue weighted by Crippen LogP contribution is -2.23. The van der Waals surface area contributed by atoms with Gasteiger partial charge in [0.2, 0.25) is 5.91 Å². The number of benzene rings is 2. The summed E-state index contributed by atoms with van der Waals surface area (Å²) in [7, 11) is 8.50. The molecule has 7 nitrogen and oxygen atoms in total. The van der Waals surface area contributed by atoms with Gasteiger partial charge in [-0.1, -0.05) is 6.07 Å². The number of aryl methyl sites for hydroxylation is 1. The summed E-state index contributed by atoms with van der Waals surface area (Å²) < 4.78 is 24.1. The van der Waals surface area contributed by atoms with Gasteiger partial charge in [-0.3, -0.25) is 4.79 Å². The van der Waals surface area contributed by atoms with Crippen molar-refractivity contribution in [3.05, 3.63) is 36.0 Å². The summed E-state index contributed by atoms with van der Waals surface area (Å²) in [6.07, 6.45) is 0.666. The molecule has 7 heteroatoms. The number of rotatable bonds is 8. The molecule has 0 fully saturated rings. The van der Waals surface area contributed by atoms with E-state index in [9.17, 15) is 4.79 Å². The number of amides is 1. The van der Waals surface area contributed by atoms with Crippen LogP contribution in [0, 0.1) is 0 Å². The summed E-state index contributed by atoms with van der Waals surface area (Å²) in [5.41, 5.74) is 4.14. The van der Waals surface area contributed by atoms with Crippen molar-refractivity contribution in [1.29, 1.82) is 0 Å². The largest absolute Gasteiger partial charge is 0.493 e. The summed E-state index contributed by atoms with van der Waals surface area (Å²) in [6, 6.07) is 9.83. The summed E-state index contributed by atoms with van der Waals surface area (Å²) >= 11 is 0. The fraction of sp³-hybridized carbons (Fsp3) is 0.348. The smallest absolute Gasteiger partial charge is 0.216 e. The van der Waals surface area contributed by atoms with Crippen molar-refractivity contribution in [2.45, 2.75) is 13.3 Å². The Bertz CT molecular complexity index is 1070. The zero-order valence-corrected chi connectivity index (χ0v) is 18.3. The van der Waals surface area contributed by atoms with Crippen molar-refractivity contribution in [2.75, 3.05) is 35.0 Å². The molecule has 0 spiro atoms. The summed E-state index contributed by atoms with van der Waals surface area (Å²) in [5, 5.41) is 3.91. The van der Waals surface area contributed by atoms with Crippen LogP contribution >= 0.6 is 0 Å². The maximum atomic E-state index is 11.4. The second kappa shape index (κ2) is 8.98. The standard InChI is InChI=1S/C23H28N2O5/c1-14(26)24-10-9-17-23(15-7-8-19(27-3)20(11-15)28-4)16-12-21(29-5)22(30-6)13-18(16)25(17)2/h7-8,11-13H,9-10H2,1-6H3,(H,24,26). The fourth-order valence-corrected chi connectivity index (χ4v) is 3.78. The van der Waals surface area contributed by atoms with Gasteiger partial charge in [0.05, 0.1) is 34.0 Å². The molecule has 30 heavy (non-hydrogen) atoms. The van der Waals surface area contributed by atoms with Gasteiger partial charge >= 0.3 is 0 Å². The molecule has 0 aliphatic heterocycles. The molecule has 1 amide bonds. The molecule has 0 atom stereocenters. The Labute approximate surface area is 176 Å². The molecule has 3 aromatic rings. The number of hydrogen-bond donors (Lipinski definition) is 1. The highest BCUT2D eigenvalue weighted by Crippen LogP contribution is 2.42. The zero-order valence-electron chi connectivity index (χ0n) is 18.3. The van der Waals surface area contributed by atoms with Crippen molar-refractivity contribution >= 4 is 16.8 Å². The van der Waals surface area contributed by atoms with Crippen LogP contribution in [0.2, 0.25) is 0 Å². The molecule has 0 unspecified atom stereocenters. The molecule has 0 aliphatic carbocycles. The van der Waals surface area contributed by atoms with Gasteiger partial charge in [-0.15, -0.1) is 0 Å². The number of methoxy groups -OCH3 is 4. The lowest BCUT2D eigenvalue weighted by Gasteiger charge is -2.12. The maximum absolute atomic E-state index is 11.4. The quantitative estimate of drug-likeness (QED) is 0.613. The molecule has 3 rings (SSSR count). The highest BCUT2D eigenvalue weighted by molar-refractivity contribution is 6.00. The molecule has 1 heterocycles. The normalized spacial score (nSPS) is 10.7. The monoisotopic (exact) mass is 412 g/mol. The van der Waals surface area contributed by atoms with Crippen LogP contribution in [-0.2, 0) is 18.3 Å². The molecule has 0 saturated heterocycles. The number of carbonyl (C=O) groups excluding carboxylic acids is 1. The first kappa shape index (κ1) is 21.4. The van der Waals surface area contributed by atoms with Gasteiger partial charge in [0.25, 0.3) is 0 Å². The number of carbonyl (C=O) groups is 1. The molecule has 1 aromatic heterocycles. The van der Waals surface area contributed by atoms with Gasteiger partial charge in [-0.2, -0.15) is 0 Å². The molecule has 2 aromatic carbocycles. The van der Waals surface area contributed by atoms with Crippen molar-refractivity contribution in [3.8, 4) is 34.1 Å². The number of nitrogens with one attached hydrogen (secondary N) is 1. The van der Waals surface area contributed by atoms with Crippen molar-refractivity contribution in [2.24, 2.45) is 7.05 Å². The minimum atomic E-state index is -0.0511. The third-order valence-electron chi connectivity index (χ3n) is 5.23. The highest BCUT2D eigenvalue weighted by Gasteiger charge is 2.21. The molecule has 1 N–H and O–H groups in total. The molecule has 0 aliphatic rings. The van der Waals surface area contributed by atoms with E-state index in [4.69, 9.17) is 18.9 Å². The first-order valence-electron chi connectivity index (χ1n) is 9.65. The van der Waals surface area contributed by atoms with E-state index in [1.165, 1.54) is 6.92 Å². The number of nitrogens with zero attached hydrogens (tertiary/aromatic N) is 1. The van der Waals surface area contributed by atoms with Gasteiger partial charge in [0.15, 0.2) is 23.0 Å². The molecular weight excluding hydrogens is 384 g/mol. The Hall–Kier alpha value is -3.35. The second-order valence-electron chi connectivity index (χ2n) is 6.91. The third-order valence-corrected chi connectivity index (χ3v) is 5.23. The number of hydrogen-bond acceptors (Lipinski definition) is 5. The molecule has 0 radical (unpaired) electrons. The number of fused-ring (bicyclic) bond motifs is 1. The Kier molecular flexibility index (Phi) is 6.40. The zero-order chi connectivity index (χ0) is 21.8. The third kappa shape index (κ3) is 3.87. The van der Waals surface area contributed by atoms with Crippen molar-refractivity contribution in [3.63, 3.8) is 0 Å².